The van der Waals surface area contributed by atoms with Crippen LogP contribution in [0, 0.1) is 0 Å². The lowest BCUT2D eigenvalue weighted by molar-refractivity contribution is 0.748. The second-order valence-corrected chi connectivity index (χ2v) is 29.0. The van der Waals surface area contributed by atoms with Crippen LogP contribution in [0.5, 0.6) is 0 Å². The number of anilines is 5. The van der Waals surface area contributed by atoms with E-state index in [0.29, 0.717) is 0 Å². The van der Waals surface area contributed by atoms with Gasteiger partial charge >= 0.3 is 0 Å². The Bertz CT molecular complexity index is 6410. The van der Waals surface area contributed by atoms with Crippen molar-refractivity contribution in [3.8, 4) is 61.3 Å². The number of aromatic nitrogens is 1. The van der Waals surface area contributed by atoms with Gasteiger partial charge in [0.15, 0.2) is 0 Å². The van der Waals surface area contributed by atoms with E-state index in [1.807, 2.05) is 0 Å². The van der Waals surface area contributed by atoms with Gasteiger partial charge in [-0.05, 0) is 195 Å². The Labute approximate surface area is 629 Å². The maximum Gasteiger partial charge on any atom is 0.0755 e. The van der Waals surface area contributed by atoms with Gasteiger partial charge in [-0.2, -0.15) is 0 Å². The highest BCUT2D eigenvalue weighted by Crippen LogP contribution is 2.64. The molecular formula is C105H71N3. The van der Waals surface area contributed by atoms with Gasteiger partial charge in [0.05, 0.1) is 33.0 Å². The fourth-order valence-electron chi connectivity index (χ4n) is 19.2. The first-order chi connectivity index (χ1) is 53.6. The highest BCUT2D eigenvalue weighted by atomic mass is 15.1. The van der Waals surface area contributed by atoms with Crippen molar-refractivity contribution in [3.63, 3.8) is 0 Å². The lowest BCUT2D eigenvalue weighted by atomic mass is 9.65. The van der Waals surface area contributed by atoms with E-state index in [1.165, 1.54) is 150 Å². The molecule has 17 aromatic carbocycles. The third-order valence-corrected chi connectivity index (χ3v) is 23.6. The lowest BCUT2D eigenvalue weighted by Crippen LogP contribution is -2.33. The lowest BCUT2D eigenvalue weighted by Gasteiger charge is -2.40. The molecule has 4 aliphatic rings. The molecular weight excluding hydrogens is 1300 g/mol. The van der Waals surface area contributed by atoms with Crippen LogP contribution in [-0.2, 0) is 16.2 Å². The van der Waals surface area contributed by atoms with Gasteiger partial charge in [-0.25, -0.2) is 0 Å². The molecule has 2 heterocycles. The molecule has 0 amide bonds. The average Bonchev–Trinajstić information content (AvgIpc) is 1.46. The summed E-state index contributed by atoms with van der Waals surface area (Å²) in [6, 6.07) is 157. The van der Waals surface area contributed by atoms with Gasteiger partial charge < -0.3 is 14.8 Å². The molecule has 22 rings (SSSR count). The zero-order valence-electron chi connectivity index (χ0n) is 59.3. The van der Waals surface area contributed by atoms with Gasteiger partial charge in [0.2, 0.25) is 0 Å². The molecule has 1 atom stereocenters. The standard InChI is InChI=1S/C68H44N2.C37H27N/c1-4-19-45(20-5-1)46-35-37-49(38-36-46)69(50-39-41-54-52-25-10-13-29-58(52)67(62(54)43-50,47-21-6-2-7-22-47)48-23-8-3-9-24-48)51-40-42-55-53-26-11-14-30-59(53)68(63(55)44-51)60-31-15-17-34-65(60)70-64-33-16-12-27-56(64)57-28-18-32-61(68)66(57)70;1-4-12-27(13-5-1)28-20-22-31(23-21-28)38-32-24-25-34-33-18-10-11-19-35(33)37(36(34)26-32,29-14-6-2-7-15-29)30-16-8-3-9-17-30/h1-44H;1-26,38H. The molecule has 3 heteroatoms. The second kappa shape index (κ2) is 25.2. The normalized spacial score (nSPS) is 14.5. The summed E-state index contributed by atoms with van der Waals surface area (Å²) in [6.07, 6.45) is 0. The van der Waals surface area contributed by atoms with Gasteiger partial charge in [-0.3, -0.25) is 0 Å². The molecule has 1 aliphatic heterocycles. The molecule has 1 aromatic heterocycles. The quantitative estimate of drug-likeness (QED) is 0.139. The first kappa shape index (κ1) is 62.7. The van der Waals surface area contributed by atoms with Crippen molar-refractivity contribution in [1.82, 2.24) is 4.57 Å². The van der Waals surface area contributed by atoms with E-state index >= 15 is 0 Å². The highest BCUT2D eigenvalue weighted by molar-refractivity contribution is 6.13. The Kier molecular flexibility index (Phi) is 14.6. The van der Waals surface area contributed by atoms with E-state index in [0.717, 1.165) is 28.4 Å². The van der Waals surface area contributed by atoms with E-state index in [4.69, 9.17) is 0 Å². The number of para-hydroxylation sites is 3. The Morgan fingerprint density at radius 1 is 0.213 bits per heavy atom. The smallest absolute Gasteiger partial charge is 0.0755 e. The minimum Gasteiger partial charge on any atom is -0.356 e. The molecule has 0 saturated carbocycles. The summed E-state index contributed by atoms with van der Waals surface area (Å²) in [5, 5.41) is 6.24. The number of rotatable bonds is 11. The minimum absolute atomic E-state index is 0.386. The molecule has 0 saturated heterocycles. The van der Waals surface area contributed by atoms with Crippen LogP contribution in [-0.4, -0.2) is 4.57 Å². The highest BCUT2D eigenvalue weighted by Gasteiger charge is 2.52. The van der Waals surface area contributed by atoms with Crippen molar-refractivity contribution in [2.24, 2.45) is 0 Å². The Morgan fingerprint density at radius 2 is 0.556 bits per heavy atom. The fraction of sp³-hybridized carbons (Fsp3) is 0.0286. The number of benzene rings is 17. The molecule has 1 N–H and O–H groups in total. The van der Waals surface area contributed by atoms with E-state index in [2.05, 4.69) is 439 Å². The van der Waals surface area contributed by atoms with Crippen LogP contribution in [0.4, 0.5) is 28.4 Å². The van der Waals surface area contributed by atoms with Crippen LogP contribution < -0.4 is 10.2 Å². The van der Waals surface area contributed by atoms with Gasteiger partial charge in [0.1, 0.15) is 0 Å². The Hall–Kier alpha value is -13.9. The van der Waals surface area contributed by atoms with Crippen LogP contribution in [0.2, 0.25) is 0 Å². The zero-order valence-corrected chi connectivity index (χ0v) is 59.3. The van der Waals surface area contributed by atoms with E-state index in [9.17, 15) is 0 Å². The summed E-state index contributed by atoms with van der Waals surface area (Å²) < 4.78 is 2.53. The molecule has 1 spiro atoms. The topological polar surface area (TPSA) is 20.2 Å². The molecule has 506 valence electrons. The van der Waals surface area contributed by atoms with Crippen molar-refractivity contribution in [2.45, 2.75) is 16.2 Å². The van der Waals surface area contributed by atoms with Crippen LogP contribution in [0.3, 0.4) is 0 Å². The number of nitrogens with one attached hydrogen (secondary N) is 1. The van der Waals surface area contributed by atoms with Crippen molar-refractivity contribution in [1.29, 1.82) is 0 Å². The molecule has 18 aromatic rings. The number of hydrogen-bond acceptors (Lipinski definition) is 2. The van der Waals surface area contributed by atoms with Crippen molar-refractivity contribution >= 4 is 50.2 Å². The summed E-state index contributed by atoms with van der Waals surface area (Å²) in [5.41, 5.74) is 35.7. The third kappa shape index (κ3) is 9.35. The predicted octanol–water partition coefficient (Wildman–Crippen LogP) is 26.4. The fourth-order valence-corrected chi connectivity index (χ4v) is 19.2. The van der Waals surface area contributed by atoms with Gasteiger partial charge in [0.25, 0.3) is 0 Å². The first-order valence-corrected chi connectivity index (χ1v) is 37.5. The summed E-state index contributed by atoms with van der Waals surface area (Å²) in [7, 11) is 0. The summed E-state index contributed by atoms with van der Waals surface area (Å²) >= 11 is 0. The van der Waals surface area contributed by atoms with Crippen molar-refractivity contribution in [2.75, 3.05) is 10.2 Å². The van der Waals surface area contributed by atoms with Crippen LogP contribution in [0.15, 0.2) is 425 Å². The van der Waals surface area contributed by atoms with Gasteiger partial charge in [-0.1, -0.05) is 352 Å². The zero-order chi connectivity index (χ0) is 71.3. The van der Waals surface area contributed by atoms with Crippen molar-refractivity contribution in [3.05, 3.63) is 491 Å². The molecule has 0 radical (unpaired) electrons. The number of hydrogen-bond donors (Lipinski definition) is 1. The van der Waals surface area contributed by atoms with Crippen LogP contribution >= 0.6 is 0 Å². The van der Waals surface area contributed by atoms with E-state index in [1.54, 1.807) is 0 Å². The monoisotopic (exact) mass is 1370 g/mol. The maximum atomic E-state index is 3.68. The third-order valence-electron chi connectivity index (χ3n) is 23.6. The summed E-state index contributed by atoms with van der Waals surface area (Å²) in [5.74, 6) is 0. The van der Waals surface area contributed by atoms with E-state index < -0.39 is 10.8 Å². The Balaban J connectivity index is 0.000000165. The molecule has 0 bridgehead atoms. The van der Waals surface area contributed by atoms with Gasteiger partial charge in [0, 0.05) is 39.2 Å². The summed E-state index contributed by atoms with van der Waals surface area (Å²) in [4.78, 5) is 2.50. The number of nitrogens with zero attached hydrogens (tertiary/aromatic N) is 2. The largest absolute Gasteiger partial charge is 0.356 e. The SMILES string of the molecule is c1ccc(-c2ccc(N(c3ccc4c(c3)C(c3ccccc3)(c3ccccc3)c3ccccc3-4)c3ccc4c(c3)C3(c5ccccc5-4)c4ccccc4-n4c5ccccc5c5cccc3c54)cc2)cc1.c1ccc(-c2ccc(Nc3ccc4c(c3)C(c3ccccc3)(c3ccccc3)c3ccccc3-4)cc2)cc1. The molecule has 108 heavy (non-hydrogen) atoms. The number of fused-ring (bicyclic) bond motifs is 18. The van der Waals surface area contributed by atoms with E-state index in [-0.39, 0.29) is 5.41 Å². The predicted molar refractivity (Wildman–Crippen MR) is 448 cm³/mol. The van der Waals surface area contributed by atoms with Crippen LogP contribution in [0.25, 0.3) is 83.1 Å². The van der Waals surface area contributed by atoms with Crippen molar-refractivity contribution < 1.29 is 0 Å². The molecule has 0 fully saturated rings. The second-order valence-electron chi connectivity index (χ2n) is 29.0. The molecule has 3 nitrogen and oxygen atoms in total. The molecule has 3 aliphatic carbocycles. The first-order valence-electron chi connectivity index (χ1n) is 37.5. The molecule has 1 unspecified atom stereocenters. The summed E-state index contributed by atoms with van der Waals surface area (Å²) in [6.45, 7) is 0. The van der Waals surface area contributed by atoms with Gasteiger partial charge in [-0.15, -0.1) is 0 Å². The minimum atomic E-state index is -0.583. The maximum absolute atomic E-state index is 3.68. The Morgan fingerprint density at radius 3 is 1.06 bits per heavy atom. The van der Waals surface area contributed by atoms with Crippen LogP contribution in [0.1, 0.15) is 66.8 Å². The average molecular weight is 1370 g/mol.